The fourth-order valence-electron chi connectivity index (χ4n) is 1.26. The maximum Gasteiger partial charge on any atom is 0.303 e. The number of nitrogens with one attached hydrogen (secondary N) is 1. The van der Waals surface area contributed by atoms with E-state index in [0.29, 0.717) is 22.2 Å². The first-order valence-corrected chi connectivity index (χ1v) is 6.44. The van der Waals surface area contributed by atoms with Crippen LogP contribution in [0.25, 0.3) is 0 Å². The molecule has 0 fully saturated rings. The van der Waals surface area contributed by atoms with E-state index in [4.69, 9.17) is 16.7 Å². The molecule has 0 aliphatic rings. The SMILES string of the molecule is CC(CCC(=O)O)CNC(=O)c1ccc(Cl)s1. The third kappa shape index (κ3) is 5.19. The Bertz CT molecular complexity index is 405. The number of hydrogen-bond acceptors (Lipinski definition) is 3. The summed E-state index contributed by atoms with van der Waals surface area (Å²) in [5, 5.41) is 11.3. The van der Waals surface area contributed by atoms with Gasteiger partial charge in [0.15, 0.2) is 0 Å². The largest absolute Gasteiger partial charge is 0.481 e. The average molecular weight is 276 g/mol. The van der Waals surface area contributed by atoms with E-state index >= 15 is 0 Å². The number of hydrogen-bond donors (Lipinski definition) is 2. The van der Waals surface area contributed by atoms with Crippen molar-refractivity contribution >= 4 is 34.8 Å². The minimum atomic E-state index is -0.812. The van der Waals surface area contributed by atoms with Gasteiger partial charge in [-0.1, -0.05) is 18.5 Å². The maximum absolute atomic E-state index is 11.6. The van der Waals surface area contributed by atoms with Crippen molar-refractivity contribution < 1.29 is 14.7 Å². The second-order valence-electron chi connectivity index (χ2n) is 3.85. The lowest BCUT2D eigenvalue weighted by Crippen LogP contribution is -2.27. The van der Waals surface area contributed by atoms with Crippen LogP contribution >= 0.6 is 22.9 Å². The van der Waals surface area contributed by atoms with Crippen LogP contribution in [0, 0.1) is 5.92 Å². The predicted octanol–water partition coefficient (Wildman–Crippen LogP) is 2.63. The summed E-state index contributed by atoms with van der Waals surface area (Å²) in [7, 11) is 0. The van der Waals surface area contributed by atoms with Gasteiger partial charge < -0.3 is 10.4 Å². The highest BCUT2D eigenvalue weighted by Gasteiger charge is 2.10. The van der Waals surface area contributed by atoms with Gasteiger partial charge in [0.2, 0.25) is 0 Å². The first-order valence-electron chi connectivity index (χ1n) is 5.24. The number of rotatable bonds is 6. The van der Waals surface area contributed by atoms with E-state index in [2.05, 4.69) is 5.32 Å². The van der Waals surface area contributed by atoms with E-state index in [1.807, 2.05) is 6.92 Å². The topological polar surface area (TPSA) is 66.4 Å². The maximum atomic E-state index is 11.6. The Labute approximate surface area is 109 Å². The molecule has 0 spiro atoms. The van der Waals surface area contributed by atoms with Crippen LogP contribution in [0.15, 0.2) is 12.1 Å². The highest BCUT2D eigenvalue weighted by atomic mass is 35.5. The Morgan fingerprint density at radius 3 is 2.76 bits per heavy atom. The Balaban J connectivity index is 2.30. The lowest BCUT2D eigenvalue weighted by molar-refractivity contribution is -0.137. The number of amides is 1. The lowest BCUT2D eigenvalue weighted by atomic mass is 10.1. The lowest BCUT2D eigenvalue weighted by Gasteiger charge is -2.10. The normalized spacial score (nSPS) is 12.1. The van der Waals surface area contributed by atoms with E-state index in [1.165, 1.54) is 11.3 Å². The van der Waals surface area contributed by atoms with Gasteiger partial charge in [-0.25, -0.2) is 0 Å². The standard InChI is InChI=1S/C11H14ClNO3S/c1-7(2-5-10(14)15)6-13-11(16)8-3-4-9(12)17-8/h3-4,7H,2,5-6H2,1H3,(H,13,16)(H,14,15). The molecule has 1 atom stereocenters. The zero-order chi connectivity index (χ0) is 12.8. The van der Waals surface area contributed by atoms with E-state index < -0.39 is 5.97 Å². The van der Waals surface area contributed by atoms with Gasteiger partial charge in [0.05, 0.1) is 9.21 Å². The summed E-state index contributed by atoms with van der Waals surface area (Å²) in [6.07, 6.45) is 0.683. The quantitative estimate of drug-likeness (QED) is 0.839. The molecule has 0 saturated heterocycles. The summed E-state index contributed by atoms with van der Waals surface area (Å²) >= 11 is 6.95. The number of carbonyl (C=O) groups excluding carboxylic acids is 1. The van der Waals surface area contributed by atoms with Crippen LogP contribution in [0.4, 0.5) is 0 Å². The summed E-state index contributed by atoms with van der Waals surface area (Å²) in [6.45, 7) is 2.38. The molecule has 0 radical (unpaired) electrons. The summed E-state index contributed by atoms with van der Waals surface area (Å²) < 4.78 is 0.578. The second kappa shape index (κ2) is 6.61. The van der Waals surface area contributed by atoms with Crippen molar-refractivity contribution in [2.75, 3.05) is 6.54 Å². The number of carboxylic acids is 1. The van der Waals surface area contributed by atoms with E-state index in [1.54, 1.807) is 12.1 Å². The number of thiophene rings is 1. The van der Waals surface area contributed by atoms with Gasteiger partial charge in [-0.2, -0.15) is 0 Å². The summed E-state index contributed by atoms with van der Waals surface area (Å²) in [5.41, 5.74) is 0. The third-order valence-corrected chi connectivity index (χ3v) is 3.49. The summed E-state index contributed by atoms with van der Waals surface area (Å²) in [6, 6.07) is 3.35. The van der Waals surface area contributed by atoms with Crippen LogP contribution in [0.5, 0.6) is 0 Å². The molecule has 1 unspecified atom stereocenters. The van der Waals surface area contributed by atoms with E-state index in [-0.39, 0.29) is 18.2 Å². The molecule has 0 bridgehead atoms. The molecule has 1 aromatic rings. The van der Waals surface area contributed by atoms with Crippen LogP contribution in [0.3, 0.4) is 0 Å². The molecule has 0 aromatic carbocycles. The smallest absolute Gasteiger partial charge is 0.303 e. The van der Waals surface area contributed by atoms with Crippen molar-refractivity contribution in [3.63, 3.8) is 0 Å². The molecule has 0 aliphatic carbocycles. The molecule has 1 heterocycles. The summed E-state index contributed by atoms with van der Waals surface area (Å²) in [5.74, 6) is -0.831. The highest BCUT2D eigenvalue weighted by molar-refractivity contribution is 7.17. The third-order valence-electron chi connectivity index (χ3n) is 2.26. The van der Waals surface area contributed by atoms with Gasteiger partial charge in [-0.3, -0.25) is 9.59 Å². The average Bonchev–Trinajstić information content (AvgIpc) is 2.70. The Hall–Kier alpha value is -1.07. The molecular weight excluding hydrogens is 262 g/mol. The molecule has 0 aliphatic heterocycles. The van der Waals surface area contributed by atoms with E-state index in [9.17, 15) is 9.59 Å². The fourth-order valence-corrected chi connectivity index (χ4v) is 2.22. The number of carboxylic acid groups (broad SMARTS) is 1. The van der Waals surface area contributed by atoms with Gasteiger partial charge in [0, 0.05) is 13.0 Å². The van der Waals surface area contributed by atoms with Crippen molar-refractivity contribution in [1.82, 2.24) is 5.32 Å². The molecule has 6 heteroatoms. The zero-order valence-electron chi connectivity index (χ0n) is 9.40. The van der Waals surface area contributed by atoms with E-state index in [0.717, 1.165) is 0 Å². The molecular formula is C11H14ClNO3S. The van der Waals surface area contributed by atoms with Crippen LogP contribution in [-0.4, -0.2) is 23.5 Å². The number of halogens is 1. The molecule has 94 valence electrons. The molecule has 4 nitrogen and oxygen atoms in total. The van der Waals surface area contributed by atoms with Gasteiger partial charge in [0.1, 0.15) is 0 Å². The van der Waals surface area contributed by atoms with Crippen LogP contribution in [0.1, 0.15) is 29.4 Å². The monoisotopic (exact) mass is 275 g/mol. The predicted molar refractivity (Wildman–Crippen MR) is 67.7 cm³/mol. The minimum absolute atomic E-state index is 0.127. The molecule has 1 amide bonds. The van der Waals surface area contributed by atoms with Crippen LogP contribution in [0.2, 0.25) is 4.34 Å². The van der Waals surface area contributed by atoms with Crippen molar-refractivity contribution in [2.45, 2.75) is 19.8 Å². The van der Waals surface area contributed by atoms with Crippen LogP contribution < -0.4 is 5.32 Å². The van der Waals surface area contributed by atoms with Gasteiger partial charge in [0.25, 0.3) is 5.91 Å². The number of aliphatic carboxylic acids is 1. The van der Waals surface area contributed by atoms with Gasteiger partial charge in [-0.05, 0) is 24.5 Å². The Morgan fingerprint density at radius 2 is 2.24 bits per heavy atom. The molecule has 17 heavy (non-hydrogen) atoms. The highest BCUT2D eigenvalue weighted by Crippen LogP contribution is 2.21. The van der Waals surface area contributed by atoms with Crippen molar-refractivity contribution in [2.24, 2.45) is 5.92 Å². The zero-order valence-corrected chi connectivity index (χ0v) is 11.0. The van der Waals surface area contributed by atoms with Gasteiger partial charge >= 0.3 is 5.97 Å². The van der Waals surface area contributed by atoms with Crippen molar-refractivity contribution in [3.8, 4) is 0 Å². The minimum Gasteiger partial charge on any atom is -0.481 e. The first kappa shape index (κ1) is 14.0. The molecule has 0 saturated carbocycles. The Morgan fingerprint density at radius 1 is 1.53 bits per heavy atom. The summed E-state index contributed by atoms with van der Waals surface area (Å²) in [4.78, 5) is 22.6. The fraction of sp³-hybridized carbons (Fsp3) is 0.455. The van der Waals surface area contributed by atoms with Crippen molar-refractivity contribution in [1.29, 1.82) is 0 Å². The second-order valence-corrected chi connectivity index (χ2v) is 5.57. The first-order chi connectivity index (χ1) is 7.99. The molecule has 1 rings (SSSR count). The molecule has 2 N–H and O–H groups in total. The molecule has 1 aromatic heterocycles. The van der Waals surface area contributed by atoms with Crippen LogP contribution in [-0.2, 0) is 4.79 Å². The van der Waals surface area contributed by atoms with Crippen molar-refractivity contribution in [3.05, 3.63) is 21.3 Å². The number of carbonyl (C=O) groups is 2. The Kier molecular flexibility index (Phi) is 5.44. The van der Waals surface area contributed by atoms with Gasteiger partial charge in [-0.15, -0.1) is 11.3 Å².